The zero-order valence-corrected chi connectivity index (χ0v) is 15.0. The molecule has 140 valence electrons. The second kappa shape index (κ2) is 8.13. The molecule has 1 amide bonds. The third-order valence-corrected chi connectivity index (χ3v) is 4.47. The van der Waals surface area contributed by atoms with Crippen LogP contribution >= 0.6 is 0 Å². The van der Waals surface area contributed by atoms with Gasteiger partial charge in [-0.2, -0.15) is 0 Å². The monoisotopic (exact) mass is 384 g/mol. The van der Waals surface area contributed by atoms with Gasteiger partial charge in [-0.15, -0.1) is 0 Å². The molecule has 2 aromatic rings. The van der Waals surface area contributed by atoms with Gasteiger partial charge in [-0.05, 0) is 43.3 Å². The Hall–Kier alpha value is -2.68. The number of halogens is 2. The van der Waals surface area contributed by atoms with Crippen LogP contribution in [0.3, 0.4) is 0 Å². The summed E-state index contributed by atoms with van der Waals surface area (Å²) in [7, 11) is -3.75. The minimum Gasteiger partial charge on any atom is -0.494 e. The van der Waals surface area contributed by atoms with Crippen molar-refractivity contribution in [3.63, 3.8) is 0 Å². The number of anilines is 2. The van der Waals surface area contributed by atoms with E-state index in [1.54, 1.807) is 12.1 Å². The summed E-state index contributed by atoms with van der Waals surface area (Å²) in [4.78, 5) is 12.2. The summed E-state index contributed by atoms with van der Waals surface area (Å²) in [5, 5.41) is 2.34. The molecule has 0 radical (unpaired) electrons. The van der Waals surface area contributed by atoms with Crippen LogP contribution in [0.4, 0.5) is 20.2 Å². The standard InChI is InChI=1S/C17H18F2N2O4S/c1-3-25-14-7-5-13(6-8-14)21(26(2,23)24)11-17(22)20-12-4-9-15(18)16(19)10-12/h4-10H,3,11H2,1-2H3,(H,20,22). The predicted molar refractivity (Wildman–Crippen MR) is 94.8 cm³/mol. The molecule has 2 aromatic carbocycles. The molecule has 2 rings (SSSR count). The van der Waals surface area contributed by atoms with Crippen molar-refractivity contribution in [2.45, 2.75) is 6.92 Å². The summed E-state index contributed by atoms with van der Waals surface area (Å²) >= 11 is 0. The van der Waals surface area contributed by atoms with E-state index in [1.807, 2.05) is 6.92 Å². The van der Waals surface area contributed by atoms with Gasteiger partial charge >= 0.3 is 0 Å². The SMILES string of the molecule is CCOc1ccc(N(CC(=O)Nc2ccc(F)c(F)c2)S(C)(=O)=O)cc1. The van der Waals surface area contributed by atoms with E-state index in [1.165, 1.54) is 18.2 Å². The Labute approximate surface area is 150 Å². The first-order valence-corrected chi connectivity index (χ1v) is 9.51. The van der Waals surface area contributed by atoms with Gasteiger partial charge in [-0.25, -0.2) is 17.2 Å². The Morgan fingerprint density at radius 3 is 2.31 bits per heavy atom. The molecule has 0 bridgehead atoms. The third-order valence-electron chi connectivity index (χ3n) is 3.33. The quantitative estimate of drug-likeness (QED) is 0.797. The number of hydrogen-bond donors (Lipinski definition) is 1. The van der Waals surface area contributed by atoms with Crippen molar-refractivity contribution in [1.29, 1.82) is 0 Å². The van der Waals surface area contributed by atoms with Crippen molar-refractivity contribution < 1.29 is 26.7 Å². The summed E-state index contributed by atoms with van der Waals surface area (Å²) < 4.78 is 56.4. The van der Waals surface area contributed by atoms with Crippen molar-refractivity contribution in [3.8, 4) is 5.75 Å². The van der Waals surface area contributed by atoms with E-state index in [2.05, 4.69) is 5.32 Å². The van der Waals surface area contributed by atoms with Crippen LogP contribution in [0.2, 0.25) is 0 Å². The molecule has 26 heavy (non-hydrogen) atoms. The van der Waals surface area contributed by atoms with Gasteiger partial charge in [0.15, 0.2) is 11.6 Å². The number of rotatable bonds is 7. The lowest BCUT2D eigenvalue weighted by atomic mass is 10.3. The Morgan fingerprint density at radius 1 is 1.12 bits per heavy atom. The number of amides is 1. The minimum atomic E-state index is -3.75. The molecular weight excluding hydrogens is 366 g/mol. The van der Waals surface area contributed by atoms with Crippen LogP contribution in [0.1, 0.15) is 6.92 Å². The molecule has 0 aliphatic rings. The van der Waals surface area contributed by atoms with E-state index >= 15 is 0 Å². The van der Waals surface area contributed by atoms with Gasteiger partial charge in [0.2, 0.25) is 15.9 Å². The van der Waals surface area contributed by atoms with E-state index < -0.39 is 34.1 Å². The largest absolute Gasteiger partial charge is 0.494 e. The third kappa shape index (κ3) is 5.16. The van der Waals surface area contributed by atoms with Gasteiger partial charge in [0.25, 0.3) is 0 Å². The van der Waals surface area contributed by atoms with Crippen LogP contribution in [-0.4, -0.2) is 33.7 Å². The fourth-order valence-corrected chi connectivity index (χ4v) is 3.04. The molecule has 0 fully saturated rings. The molecule has 9 heteroatoms. The topological polar surface area (TPSA) is 75.7 Å². The summed E-state index contributed by atoms with van der Waals surface area (Å²) in [6.07, 6.45) is 0.967. The normalized spacial score (nSPS) is 11.1. The lowest BCUT2D eigenvalue weighted by molar-refractivity contribution is -0.114. The van der Waals surface area contributed by atoms with Crippen molar-refractivity contribution in [3.05, 3.63) is 54.1 Å². The number of carbonyl (C=O) groups is 1. The molecule has 0 aliphatic carbocycles. The number of carbonyl (C=O) groups excluding carboxylic acids is 1. The van der Waals surface area contributed by atoms with Gasteiger partial charge in [0.05, 0.1) is 18.6 Å². The maximum Gasteiger partial charge on any atom is 0.245 e. The summed E-state index contributed by atoms with van der Waals surface area (Å²) in [6.45, 7) is 1.76. The molecule has 1 N–H and O–H groups in total. The van der Waals surface area contributed by atoms with Gasteiger partial charge in [-0.1, -0.05) is 0 Å². The maximum atomic E-state index is 13.2. The molecule has 0 atom stereocenters. The predicted octanol–water partition coefficient (Wildman–Crippen LogP) is 2.77. The Bertz CT molecular complexity index is 886. The fourth-order valence-electron chi connectivity index (χ4n) is 2.18. The molecule has 0 saturated heterocycles. The average Bonchev–Trinajstić information content (AvgIpc) is 2.56. The van der Waals surface area contributed by atoms with E-state index in [9.17, 15) is 22.0 Å². The molecule has 0 heterocycles. The summed E-state index contributed by atoms with van der Waals surface area (Å²) in [5.41, 5.74) is 0.297. The zero-order chi connectivity index (χ0) is 19.3. The maximum absolute atomic E-state index is 13.2. The molecule has 6 nitrogen and oxygen atoms in total. The second-order valence-electron chi connectivity index (χ2n) is 5.37. The van der Waals surface area contributed by atoms with Crippen LogP contribution in [0.25, 0.3) is 0 Å². The van der Waals surface area contributed by atoms with Crippen molar-refractivity contribution in [2.24, 2.45) is 0 Å². The van der Waals surface area contributed by atoms with Crippen LogP contribution in [0.15, 0.2) is 42.5 Å². The first-order chi connectivity index (χ1) is 12.2. The number of nitrogens with zero attached hydrogens (tertiary/aromatic N) is 1. The number of hydrogen-bond acceptors (Lipinski definition) is 4. The van der Waals surface area contributed by atoms with Crippen molar-refractivity contribution >= 4 is 27.3 Å². The first-order valence-electron chi connectivity index (χ1n) is 7.66. The summed E-state index contributed by atoms with van der Waals surface area (Å²) in [5.74, 6) is -2.30. The Morgan fingerprint density at radius 2 is 1.77 bits per heavy atom. The fraction of sp³-hybridized carbons (Fsp3) is 0.235. The van der Waals surface area contributed by atoms with Gasteiger partial charge in [-0.3, -0.25) is 9.10 Å². The van der Waals surface area contributed by atoms with E-state index in [0.29, 0.717) is 12.4 Å². The van der Waals surface area contributed by atoms with Crippen LogP contribution in [0, 0.1) is 11.6 Å². The van der Waals surface area contributed by atoms with Crippen molar-refractivity contribution in [2.75, 3.05) is 29.0 Å². The van der Waals surface area contributed by atoms with Gasteiger partial charge < -0.3 is 10.1 Å². The minimum absolute atomic E-state index is 0.0223. The highest BCUT2D eigenvalue weighted by Crippen LogP contribution is 2.22. The Kier molecular flexibility index (Phi) is 6.14. The molecule has 0 aromatic heterocycles. The van der Waals surface area contributed by atoms with Gasteiger partial charge in [0, 0.05) is 11.8 Å². The molecule has 0 saturated carbocycles. The highest BCUT2D eigenvalue weighted by atomic mass is 32.2. The molecule has 0 unspecified atom stereocenters. The molecule has 0 aliphatic heterocycles. The highest BCUT2D eigenvalue weighted by Gasteiger charge is 2.21. The van der Waals surface area contributed by atoms with Crippen LogP contribution in [-0.2, 0) is 14.8 Å². The number of nitrogens with one attached hydrogen (secondary N) is 1. The summed E-state index contributed by atoms with van der Waals surface area (Å²) in [6, 6.07) is 9.06. The van der Waals surface area contributed by atoms with E-state index in [-0.39, 0.29) is 11.4 Å². The number of sulfonamides is 1. The lowest BCUT2D eigenvalue weighted by Gasteiger charge is -2.22. The Balaban J connectivity index is 2.17. The smallest absolute Gasteiger partial charge is 0.245 e. The average molecular weight is 384 g/mol. The molecular formula is C17H18F2N2O4S. The van der Waals surface area contributed by atoms with Crippen LogP contribution in [0.5, 0.6) is 5.75 Å². The van der Waals surface area contributed by atoms with Gasteiger partial charge in [0.1, 0.15) is 12.3 Å². The van der Waals surface area contributed by atoms with E-state index in [0.717, 1.165) is 22.7 Å². The lowest BCUT2D eigenvalue weighted by Crippen LogP contribution is -2.37. The first kappa shape index (κ1) is 19.6. The number of benzene rings is 2. The second-order valence-corrected chi connectivity index (χ2v) is 7.28. The van der Waals surface area contributed by atoms with E-state index in [4.69, 9.17) is 4.74 Å². The van der Waals surface area contributed by atoms with Crippen LogP contribution < -0.4 is 14.4 Å². The highest BCUT2D eigenvalue weighted by molar-refractivity contribution is 7.92. The van der Waals surface area contributed by atoms with Crippen molar-refractivity contribution in [1.82, 2.24) is 0 Å². The number of ether oxygens (including phenoxy) is 1. The molecule has 0 spiro atoms. The zero-order valence-electron chi connectivity index (χ0n) is 14.2.